The number of pyridine rings is 1. The van der Waals surface area contributed by atoms with Gasteiger partial charge in [-0.3, -0.25) is 4.98 Å². The Bertz CT molecular complexity index is 558. The maximum atomic E-state index is 10.7. The maximum absolute atomic E-state index is 10.7. The van der Waals surface area contributed by atoms with Crippen LogP contribution in [0.2, 0.25) is 0 Å². The van der Waals surface area contributed by atoms with Gasteiger partial charge in [0, 0.05) is 30.4 Å². The van der Waals surface area contributed by atoms with Gasteiger partial charge in [0.2, 0.25) is 0 Å². The van der Waals surface area contributed by atoms with Crippen LogP contribution in [-0.4, -0.2) is 23.7 Å². The molecule has 0 aliphatic heterocycles. The van der Waals surface area contributed by atoms with Gasteiger partial charge in [-0.05, 0) is 36.8 Å². The molecule has 0 spiro atoms. The van der Waals surface area contributed by atoms with Crippen molar-refractivity contribution < 1.29 is 9.84 Å². The average Bonchev–Trinajstić information content (AvgIpc) is 2.49. The normalized spacial score (nSPS) is 13.8. The number of aliphatic hydroxyl groups is 1. The largest absolute Gasteiger partial charge is 0.496 e. The molecule has 1 heterocycles. The molecule has 1 aromatic carbocycles. The molecule has 0 aliphatic rings. The van der Waals surface area contributed by atoms with Crippen LogP contribution in [0.4, 0.5) is 0 Å². The molecule has 0 fully saturated rings. The van der Waals surface area contributed by atoms with Crippen LogP contribution in [0.25, 0.3) is 0 Å². The van der Waals surface area contributed by atoms with Crippen LogP contribution in [0.1, 0.15) is 28.7 Å². The first-order chi connectivity index (χ1) is 9.67. The highest BCUT2D eigenvalue weighted by atomic mass is 16.5. The van der Waals surface area contributed by atoms with E-state index < -0.39 is 6.10 Å². The highest BCUT2D eigenvalue weighted by Gasteiger charge is 2.24. The number of nitrogens with zero attached hydrogens (tertiary/aromatic N) is 1. The van der Waals surface area contributed by atoms with E-state index in [2.05, 4.69) is 4.98 Å². The van der Waals surface area contributed by atoms with Crippen molar-refractivity contribution in [2.24, 2.45) is 5.73 Å². The lowest BCUT2D eigenvalue weighted by Gasteiger charge is -2.24. The van der Waals surface area contributed by atoms with E-state index in [9.17, 15) is 5.11 Å². The third kappa shape index (κ3) is 2.98. The summed E-state index contributed by atoms with van der Waals surface area (Å²) in [7, 11) is 1.60. The monoisotopic (exact) mass is 272 g/mol. The van der Waals surface area contributed by atoms with Gasteiger partial charge in [0.15, 0.2) is 0 Å². The van der Waals surface area contributed by atoms with E-state index in [-0.39, 0.29) is 5.92 Å². The Kier molecular flexibility index (Phi) is 4.71. The van der Waals surface area contributed by atoms with Crippen molar-refractivity contribution in [3.05, 3.63) is 59.4 Å². The average molecular weight is 272 g/mol. The zero-order chi connectivity index (χ0) is 14.5. The quantitative estimate of drug-likeness (QED) is 0.875. The summed E-state index contributed by atoms with van der Waals surface area (Å²) in [5.74, 6) is 0.490. The Labute approximate surface area is 119 Å². The van der Waals surface area contributed by atoms with Crippen molar-refractivity contribution in [3.63, 3.8) is 0 Å². The lowest BCUT2D eigenvalue weighted by atomic mass is 9.89. The van der Waals surface area contributed by atoms with Gasteiger partial charge < -0.3 is 15.6 Å². The van der Waals surface area contributed by atoms with Crippen LogP contribution >= 0.6 is 0 Å². The van der Waals surface area contributed by atoms with Gasteiger partial charge >= 0.3 is 0 Å². The van der Waals surface area contributed by atoms with Crippen LogP contribution in [-0.2, 0) is 0 Å². The first kappa shape index (κ1) is 14.5. The summed E-state index contributed by atoms with van der Waals surface area (Å²) in [6.45, 7) is 2.34. The minimum atomic E-state index is -0.711. The molecule has 0 saturated carbocycles. The molecular formula is C16H20N2O2. The Hall–Kier alpha value is -1.91. The highest BCUT2D eigenvalue weighted by molar-refractivity contribution is 5.40. The Morgan fingerprint density at radius 3 is 2.55 bits per heavy atom. The van der Waals surface area contributed by atoms with E-state index >= 15 is 0 Å². The molecule has 3 N–H and O–H groups in total. The third-order valence-electron chi connectivity index (χ3n) is 3.47. The zero-order valence-corrected chi connectivity index (χ0v) is 11.8. The summed E-state index contributed by atoms with van der Waals surface area (Å²) in [5.41, 5.74) is 8.66. The third-order valence-corrected chi connectivity index (χ3v) is 3.47. The van der Waals surface area contributed by atoms with E-state index in [1.807, 2.05) is 37.3 Å². The maximum Gasteiger partial charge on any atom is 0.124 e. The number of aryl methyl sites for hydroxylation is 1. The molecule has 2 atom stereocenters. The molecule has 2 rings (SSSR count). The van der Waals surface area contributed by atoms with Crippen LogP contribution in [0.15, 0.2) is 42.7 Å². The molecule has 106 valence electrons. The van der Waals surface area contributed by atoms with Crippen LogP contribution in [0.5, 0.6) is 5.75 Å². The summed E-state index contributed by atoms with van der Waals surface area (Å²) in [6.07, 6.45) is 2.70. The van der Waals surface area contributed by atoms with Crippen molar-refractivity contribution in [1.82, 2.24) is 4.98 Å². The molecule has 0 aliphatic carbocycles. The van der Waals surface area contributed by atoms with E-state index in [0.29, 0.717) is 12.3 Å². The smallest absolute Gasteiger partial charge is 0.124 e. The van der Waals surface area contributed by atoms with Crippen LogP contribution < -0.4 is 10.5 Å². The van der Waals surface area contributed by atoms with E-state index in [1.165, 1.54) is 0 Å². The molecule has 4 nitrogen and oxygen atoms in total. The SMILES string of the molecule is COc1ccc(C)cc1C(O)C(CN)c1ccncc1. The molecule has 4 heteroatoms. The zero-order valence-electron chi connectivity index (χ0n) is 11.8. The summed E-state index contributed by atoms with van der Waals surface area (Å²) >= 11 is 0. The number of rotatable bonds is 5. The Morgan fingerprint density at radius 2 is 1.95 bits per heavy atom. The van der Waals surface area contributed by atoms with Crippen LogP contribution in [0.3, 0.4) is 0 Å². The molecule has 0 amide bonds. The minimum absolute atomic E-state index is 0.186. The summed E-state index contributed by atoms with van der Waals surface area (Å²) < 4.78 is 5.34. The van der Waals surface area contributed by atoms with Gasteiger partial charge in [-0.2, -0.15) is 0 Å². The molecule has 20 heavy (non-hydrogen) atoms. The second-order valence-corrected chi connectivity index (χ2v) is 4.81. The van der Waals surface area contributed by atoms with E-state index in [4.69, 9.17) is 10.5 Å². The first-order valence-electron chi connectivity index (χ1n) is 6.60. The Morgan fingerprint density at radius 1 is 1.25 bits per heavy atom. The van der Waals surface area contributed by atoms with Gasteiger partial charge in [0.1, 0.15) is 5.75 Å². The molecular weight excluding hydrogens is 252 g/mol. The fraction of sp³-hybridized carbons (Fsp3) is 0.312. The molecule has 2 unspecified atom stereocenters. The van der Waals surface area contributed by atoms with Crippen molar-refractivity contribution in [2.75, 3.05) is 13.7 Å². The number of ether oxygens (including phenoxy) is 1. The standard InChI is InChI=1S/C16H20N2O2/c1-11-3-4-15(20-2)13(9-11)16(19)14(10-17)12-5-7-18-8-6-12/h3-9,14,16,19H,10,17H2,1-2H3. The Balaban J connectivity index is 2.38. The number of hydrogen-bond acceptors (Lipinski definition) is 4. The van der Waals surface area contributed by atoms with Gasteiger partial charge in [-0.25, -0.2) is 0 Å². The number of benzene rings is 1. The number of hydrogen-bond donors (Lipinski definition) is 2. The van der Waals surface area contributed by atoms with Crippen molar-refractivity contribution in [1.29, 1.82) is 0 Å². The second-order valence-electron chi connectivity index (χ2n) is 4.81. The summed E-state index contributed by atoms with van der Waals surface area (Å²) in [5, 5.41) is 10.7. The summed E-state index contributed by atoms with van der Waals surface area (Å²) in [4.78, 5) is 3.99. The molecule has 2 aromatic rings. The molecule has 1 aromatic heterocycles. The van der Waals surface area contributed by atoms with E-state index in [1.54, 1.807) is 19.5 Å². The number of nitrogens with two attached hydrogens (primary N) is 1. The topological polar surface area (TPSA) is 68.4 Å². The van der Waals surface area contributed by atoms with Crippen molar-refractivity contribution in [3.8, 4) is 5.75 Å². The molecule has 0 radical (unpaired) electrons. The van der Waals surface area contributed by atoms with Gasteiger partial charge in [-0.15, -0.1) is 0 Å². The molecule has 0 saturated heterocycles. The highest BCUT2D eigenvalue weighted by Crippen LogP contribution is 2.35. The van der Waals surface area contributed by atoms with Gasteiger partial charge in [0.25, 0.3) is 0 Å². The minimum Gasteiger partial charge on any atom is -0.496 e. The predicted octanol–water partition coefficient (Wildman–Crippen LogP) is 2.17. The fourth-order valence-electron chi connectivity index (χ4n) is 2.36. The summed E-state index contributed by atoms with van der Waals surface area (Å²) in [6, 6.07) is 9.52. The number of aliphatic hydroxyl groups excluding tert-OH is 1. The first-order valence-corrected chi connectivity index (χ1v) is 6.60. The van der Waals surface area contributed by atoms with Crippen molar-refractivity contribution >= 4 is 0 Å². The predicted molar refractivity (Wildman–Crippen MR) is 78.7 cm³/mol. The number of methoxy groups -OCH3 is 1. The lowest BCUT2D eigenvalue weighted by Crippen LogP contribution is -2.20. The number of aromatic nitrogens is 1. The van der Waals surface area contributed by atoms with Crippen LogP contribution in [0, 0.1) is 6.92 Å². The fourth-order valence-corrected chi connectivity index (χ4v) is 2.36. The second kappa shape index (κ2) is 6.50. The molecule has 0 bridgehead atoms. The van der Waals surface area contributed by atoms with Gasteiger partial charge in [-0.1, -0.05) is 11.6 Å². The van der Waals surface area contributed by atoms with Crippen molar-refractivity contribution in [2.45, 2.75) is 18.9 Å². The van der Waals surface area contributed by atoms with Gasteiger partial charge in [0.05, 0.1) is 13.2 Å². The lowest BCUT2D eigenvalue weighted by molar-refractivity contribution is 0.143. The van der Waals surface area contributed by atoms with E-state index in [0.717, 1.165) is 16.7 Å².